The third-order valence-corrected chi connectivity index (χ3v) is 2.17. The molecule has 2 heterocycles. The molecule has 64 valence electrons. The van der Waals surface area contributed by atoms with E-state index in [0.29, 0.717) is 5.56 Å². The Labute approximate surface area is 69.3 Å². The van der Waals surface area contributed by atoms with Crippen molar-refractivity contribution in [2.24, 2.45) is 0 Å². The van der Waals surface area contributed by atoms with Crippen LogP contribution in [0.2, 0.25) is 0 Å². The highest BCUT2D eigenvalue weighted by atomic mass is 32.3. The molecule has 2 rings (SSSR count). The van der Waals surface area contributed by atoms with Gasteiger partial charge in [0, 0.05) is 11.8 Å². The fraction of sp³-hybridized carbons (Fsp3) is 0.167. The Bertz CT molecular complexity index is 425. The van der Waals surface area contributed by atoms with Crippen molar-refractivity contribution in [3.05, 3.63) is 17.8 Å². The van der Waals surface area contributed by atoms with Crippen LogP contribution in [0.3, 0.4) is 0 Å². The zero-order chi connectivity index (χ0) is 8.77. The number of hydrogen-bond acceptors (Lipinski definition) is 5. The summed E-state index contributed by atoms with van der Waals surface area (Å²) in [6, 6.07) is 1.64. The lowest BCUT2D eigenvalue weighted by Gasteiger charge is -1.93. The first-order chi connectivity index (χ1) is 5.58. The second-order valence-electron chi connectivity index (χ2n) is 2.34. The van der Waals surface area contributed by atoms with E-state index in [1.807, 2.05) is 0 Å². The molecular weight excluding hydrogens is 182 g/mol. The van der Waals surface area contributed by atoms with Crippen LogP contribution in [-0.4, -0.2) is 13.4 Å². The van der Waals surface area contributed by atoms with Gasteiger partial charge in [0.15, 0.2) is 0 Å². The Morgan fingerprint density at radius 1 is 1.42 bits per heavy atom. The van der Waals surface area contributed by atoms with E-state index in [0.717, 1.165) is 0 Å². The van der Waals surface area contributed by atoms with Gasteiger partial charge in [0.1, 0.15) is 0 Å². The summed E-state index contributed by atoms with van der Waals surface area (Å²) >= 11 is 0. The minimum absolute atomic E-state index is 0.00926. The van der Waals surface area contributed by atoms with Crippen molar-refractivity contribution in [1.29, 1.82) is 0 Å². The lowest BCUT2D eigenvalue weighted by atomic mass is 10.3. The van der Waals surface area contributed by atoms with Gasteiger partial charge in [0.2, 0.25) is 5.75 Å². The summed E-state index contributed by atoms with van der Waals surface area (Å²) in [5.41, 5.74) is 0.682. The topological polar surface area (TPSA) is 65.5 Å². The molecule has 0 N–H and O–H groups in total. The zero-order valence-electron chi connectivity index (χ0n) is 6.14. The van der Waals surface area contributed by atoms with E-state index in [1.54, 1.807) is 13.0 Å². The number of nitrogens with zero attached hydrogens (tertiary/aromatic N) is 1. The Kier molecular flexibility index (Phi) is 1.29. The molecule has 0 radical (unpaired) electrons. The van der Waals surface area contributed by atoms with Crippen LogP contribution in [-0.2, 0) is 10.4 Å². The summed E-state index contributed by atoms with van der Waals surface area (Å²) < 4.78 is 30.4. The highest BCUT2D eigenvalue weighted by Gasteiger charge is 2.30. The number of rotatable bonds is 0. The van der Waals surface area contributed by atoms with Crippen LogP contribution in [0.15, 0.2) is 12.3 Å². The van der Waals surface area contributed by atoms with Crippen molar-refractivity contribution in [3.8, 4) is 11.6 Å². The monoisotopic (exact) mass is 187 g/mol. The smallest absolute Gasteiger partial charge is 0.347 e. The third kappa shape index (κ3) is 1.00. The summed E-state index contributed by atoms with van der Waals surface area (Å²) in [6.45, 7) is 1.71. The number of fused-ring (bicyclic) bond motifs is 1. The van der Waals surface area contributed by atoms with E-state index in [1.165, 1.54) is 6.20 Å². The van der Waals surface area contributed by atoms with E-state index in [4.69, 9.17) is 0 Å². The summed E-state index contributed by atoms with van der Waals surface area (Å²) in [7, 11) is -3.89. The molecule has 0 bridgehead atoms. The van der Waals surface area contributed by atoms with Crippen LogP contribution in [0.4, 0.5) is 0 Å². The molecular formula is C6H5NO4S. The van der Waals surface area contributed by atoms with Gasteiger partial charge in [-0.25, -0.2) is 4.98 Å². The van der Waals surface area contributed by atoms with Crippen molar-refractivity contribution in [1.82, 2.24) is 4.98 Å². The third-order valence-electron chi connectivity index (χ3n) is 1.44. The fourth-order valence-electron chi connectivity index (χ4n) is 0.896. The maximum absolute atomic E-state index is 10.8. The zero-order valence-corrected chi connectivity index (χ0v) is 6.96. The summed E-state index contributed by atoms with van der Waals surface area (Å²) in [5, 5.41) is 0. The first-order valence-electron chi connectivity index (χ1n) is 3.18. The molecule has 5 nitrogen and oxygen atoms in total. The molecule has 0 unspecified atom stereocenters. The molecule has 0 saturated heterocycles. The maximum atomic E-state index is 10.8. The second kappa shape index (κ2) is 2.10. The van der Waals surface area contributed by atoms with E-state index < -0.39 is 10.4 Å². The van der Waals surface area contributed by atoms with Crippen LogP contribution in [0.5, 0.6) is 11.6 Å². The van der Waals surface area contributed by atoms with Gasteiger partial charge < -0.3 is 8.37 Å². The average Bonchev–Trinajstić information content (AvgIpc) is 2.25. The molecule has 12 heavy (non-hydrogen) atoms. The van der Waals surface area contributed by atoms with Crippen molar-refractivity contribution in [2.75, 3.05) is 0 Å². The second-order valence-corrected chi connectivity index (χ2v) is 3.49. The molecule has 1 aliphatic rings. The van der Waals surface area contributed by atoms with Crippen molar-refractivity contribution in [3.63, 3.8) is 0 Å². The number of aromatic nitrogens is 1. The SMILES string of the molecule is Cc1ccnc2c1OS(=O)(=O)O2. The predicted molar refractivity (Wildman–Crippen MR) is 39.1 cm³/mol. The van der Waals surface area contributed by atoms with Crippen LogP contribution in [0.25, 0.3) is 0 Å². The molecule has 1 aromatic heterocycles. The molecule has 0 aromatic carbocycles. The van der Waals surface area contributed by atoms with Crippen LogP contribution >= 0.6 is 0 Å². The lowest BCUT2D eigenvalue weighted by Crippen LogP contribution is -2.08. The molecule has 0 amide bonds. The first kappa shape index (κ1) is 7.35. The van der Waals surface area contributed by atoms with Gasteiger partial charge >= 0.3 is 10.4 Å². The Hall–Kier alpha value is -1.30. The molecule has 0 atom stereocenters. The maximum Gasteiger partial charge on any atom is 0.502 e. The fourth-order valence-corrected chi connectivity index (χ4v) is 1.65. The Morgan fingerprint density at radius 2 is 2.17 bits per heavy atom. The van der Waals surface area contributed by atoms with Gasteiger partial charge in [0.25, 0.3) is 5.88 Å². The Balaban J connectivity index is 2.63. The normalized spacial score (nSPS) is 17.8. The quantitative estimate of drug-likeness (QED) is 0.588. The molecule has 0 spiro atoms. The molecule has 0 fully saturated rings. The molecule has 0 aliphatic carbocycles. The van der Waals surface area contributed by atoms with Crippen LogP contribution in [0, 0.1) is 6.92 Å². The van der Waals surface area contributed by atoms with Gasteiger partial charge in [-0.3, -0.25) is 0 Å². The Morgan fingerprint density at radius 3 is 2.83 bits per heavy atom. The van der Waals surface area contributed by atoms with Gasteiger partial charge in [-0.15, -0.1) is 8.42 Å². The van der Waals surface area contributed by atoms with Crippen molar-refractivity contribution < 1.29 is 16.8 Å². The number of hydrogen-bond donors (Lipinski definition) is 0. The van der Waals surface area contributed by atoms with Crippen LogP contribution in [0.1, 0.15) is 5.56 Å². The van der Waals surface area contributed by atoms with Gasteiger partial charge in [-0.2, -0.15) is 0 Å². The van der Waals surface area contributed by atoms with Gasteiger partial charge in [0.05, 0.1) is 0 Å². The van der Waals surface area contributed by atoms with Crippen molar-refractivity contribution >= 4 is 10.4 Å². The summed E-state index contributed by atoms with van der Waals surface area (Å²) in [6.07, 6.45) is 1.46. The average molecular weight is 187 g/mol. The van der Waals surface area contributed by atoms with Crippen molar-refractivity contribution in [2.45, 2.75) is 6.92 Å². The standard InChI is InChI=1S/C6H5NO4S/c1-4-2-3-7-6-5(4)10-12(8,9)11-6/h2-3H,1H3. The highest BCUT2D eigenvalue weighted by Crippen LogP contribution is 2.35. The predicted octanol–water partition coefficient (Wildman–Crippen LogP) is 0.406. The summed E-state index contributed by atoms with van der Waals surface area (Å²) in [4.78, 5) is 3.69. The largest absolute Gasteiger partial charge is 0.502 e. The molecule has 6 heteroatoms. The van der Waals surface area contributed by atoms with Crippen LogP contribution < -0.4 is 8.37 Å². The van der Waals surface area contributed by atoms with E-state index in [9.17, 15) is 8.42 Å². The molecule has 1 aromatic rings. The minimum Gasteiger partial charge on any atom is -0.347 e. The van der Waals surface area contributed by atoms with Gasteiger partial charge in [-0.05, 0) is 13.0 Å². The van der Waals surface area contributed by atoms with E-state index in [-0.39, 0.29) is 11.6 Å². The first-order valence-corrected chi connectivity index (χ1v) is 4.51. The minimum atomic E-state index is -3.89. The van der Waals surface area contributed by atoms with E-state index in [2.05, 4.69) is 13.4 Å². The number of pyridine rings is 1. The summed E-state index contributed by atoms with van der Waals surface area (Å²) in [5.74, 6) is 0.188. The molecule has 1 aliphatic heterocycles. The van der Waals surface area contributed by atoms with E-state index >= 15 is 0 Å². The lowest BCUT2D eigenvalue weighted by molar-refractivity contribution is 0.433. The number of aryl methyl sites for hydroxylation is 1. The van der Waals surface area contributed by atoms with Gasteiger partial charge in [-0.1, -0.05) is 0 Å². The molecule has 0 saturated carbocycles. The highest BCUT2D eigenvalue weighted by molar-refractivity contribution is 7.82.